The maximum Gasteiger partial charge on any atom is 0.338 e. The Hall–Kier alpha value is -3.79. The smallest absolute Gasteiger partial charge is 0.338 e. The minimum absolute atomic E-state index is 0.000838. The molecule has 0 atom stereocenters. The minimum Gasteiger partial charge on any atom is -0.452 e. The second-order valence-corrected chi connectivity index (χ2v) is 10.7. The van der Waals surface area contributed by atoms with Gasteiger partial charge < -0.3 is 9.64 Å². The lowest BCUT2D eigenvalue weighted by molar-refractivity contribution is -0.140. The minimum atomic E-state index is -4.25. The molecule has 3 rings (SSSR count). The molecular weight excluding hydrogens is 490 g/mol. The third-order valence-corrected chi connectivity index (χ3v) is 6.55. The number of nitrogens with one attached hydrogen (secondary N) is 1. The molecule has 1 amide bonds. The normalized spacial score (nSPS) is 11.6. The van der Waals surface area contributed by atoms with E-state index >= 15 is 0 Å². The molecule has 0 unspecified atom stereocenters. The number of esters is 1. The molecule has 3 aromatic carbocycles. The summed E-state index contributed by atoms with van der Waals surface area (Å²) in [5.74, 6) is -3.71. The third-order valence-electron chi connectivity index (χ3n) is 5.17. The van der Waals surface area contributed by atoms with E-state index in [1.165, 1.54) is 24.3 Å². The summed E-state index contributed by atoms with van der Waals surface area (Å²) in [5.41, 5.74) is 0.393. The van der Waals surface area contributed by atoms with E-state index in [9.17, 15) is 26.8 Å². The zero-order valence-corrected chi connectivity index (χ0v) is 20.8. The standard InChI is InChI=1S/C26H26F2N2O5S/c1-26(2,3)30(16-18-8-5-4-6-9-18)24(31)17-35-25(32)19-10-7-11-20(14-19)29-36(33,34)21-12-13-22(27)23(28)15-21/h4-15,29H,16-17H2,1-3H3. The summed E-state index contributed by atoms with van der Waals surface area (Å²) in [4.78, 5) is 26.6. The fourth-order valence-corrected chi connectivity index (χ4v) is 4.38. The maximum atomic E-state index is 13.5. The van der Waals surface area contributed by atoms with E-state index in [1.807, 2.05) is 51.1 Å². The van der Waals surface area contributed by atoms with E-state index in [0.717, 1.165) is 11.6 Å². The quantitative estimate of drug-likeness (QED) is 0.436. The molecule has 0 spiro atoms. The van der Waals surface area contributed by atoms with Gasteiger partial charge in [0.05, 0.1) is 10.5 Å². The van der Waals surface area contributed by atoms with Gasteiger partial charge in [0.25, 0.3) is 15.9 Å². The molecule has 7 nitrogen and oxygen atoms in total. The number of rotatable bonds is 8. The summed E-state index contributed by atoms with van der Waals surface area (Å²) >= 11 is 0. The average Bonchev–Trinajstić information content (AvgIpc) is 2.82. The van der Waals surface area contributed by atoms with E-state index in [-0.39, 0.29) is 11.3 Å². The maximum absolute atomic E-state index is 13.5. The van der Waals surface area contributed by atoms with Crippen LogP contribution in [0.2, 0.25) is 0 Å². The van der Waals surface area contributed by atoms with Gasteiger partial charge in [-0.1, -0.05) is 36.4 Å². The molecule has 0 aromatic heterocycles. The van der Waals surface area contributed by atoms with Crippen LogP contribution >= 0.6 is 0 Å². The van der Waals surface area contributed by atoms with Crippen LogP contribution in [0.1, 0.15) is 36.7 Å². The monoisotopic (exact) mass is 516 g/mol. The second-order valence-electron chi connectivity index (χ2n) is 8.97. The van der Waals surface area contributed by atoms with Crippen molar-refractivity contribution in [1.29, 1.82) is 0 Å². The summed E-state index contributed by atoms with van der Waals surface area (Å²) in [7, 11) is -4.25. The summed E-state index contributed by atoms with van der Waals surface area (Å²) in [6.07, 6.45) is 0. The lowest BCUT2D eigenvalue weighted by Crippen LogP contribution is -2.46. The summed E-state index contributed by atoms with van der Waals surface area (Å²) in [6, 6.07) is 17.0. The van der Waals surface area contributed by atoms with Gasteiger partial charge in [0.2, 0.25) is 0 Å². The lowest BCUT2D eigenvalue weighted by atomic mass is 10.0. The molecule has 0 radical (unpaired) electrons. The molecule has 0 aliphatic heterocycles. The van der Waals surface area contributed by atoms with Crippen LogP contribution in [0, 0.1) is 11.6 Å². The van der Waals surface area contributed by atoms with Crippen LogP contribution < -0.4 is 4.72 Å². The van der Waals surface area contributed by atoms with E-state index in [1.54, 1.807) is 4.90 Å². The van der Waals surface area contributed by atoms with Crippen molar-refractivity contribution in [3.63, 3.8) is 0 Å². The van der Waals surface area contributed by atoms with Gasteiger partial charge in [-0.05, 0) is 62.7 Å². The van der Waals surface area contributed by atoms with Gasteiger partial charge in [-0.2, -0.15) is 0 Å². The summed E-state index contributed by atoms with van der Waals surface area (Å²) < 4.78 is 59.0. The van der Waals surface area contributed by atoms with Crippen LogP contribution in [0.3, 0.4) is 0 Å². The number of hydrogen-bond donors (Lipinski definition) is 1. The van der Waals surface area contributed by atoms with Crippen molar-refractivity contribution in [2.75, 3.05) is 11.3 Å². The van der Waals surface area contributed by atoms with Crippen molar-refractivity contribution < 1.29 is 31.5 Å². The fourth-order valence-electron chi connectivity index (χ4n) is 3.32. The van der Waals surface area contributed by atoms with Crippen molar-refractivity contribution >= 4 is 27.6 Å². The number of amides is 1. The topological polar surface area (TPSA) is 92.8 Å². The molecule has 0 fully saturated rings. The highest BCUT2D eigenvalue weighted by molar-refractivity contribution is 7.92. The zero-order chi connectivity index (χ0) is 26.5. The van der Waals surface area contributed by atoms with Crippen molar-refractivity contribution in [2.24, 2.45) is 0 Å². The Balaban J connectivity index is 1.68. The number of halogens is 2. The Labute approximate surface area is 208 Å². The van der Waals surface area contributed by atoms with Crippen LogP contribution in [-0.4, -0.2) is 37.3 Å². The number of anilines is 1. The predicted molar refractivity (Wildman–Crippen MR) is 131 cm³/mol. The second kappa shape index (κ2) is 10.9. The van der Waals surface area contributed by atoms with Crippen molar-refractivity contribution in [3.05, 3.63) is 95.6 Å². The molecule has 10 heteroatoms. The number of carbonyl (C=O) groups excluding carboxylic acids is 2. The zero-order valence-electron chi connectivity index (χ0n) is 20.0. The molecule has 0 saturated heterocycles. The molecule has 0 aliphatic rings. The van der Waals surface area contributed by atoms with Gasteiger partial charge in [-0.25, -0.2) is 22.0 Å². The van der Waals surface area contributed by atoms with Gasteiger partial charge in [0, 0.05) is 17.8 Å². The van der Waals surface area contributed by atoms with Crippen molar-refractivity contribution in [3.8, 4) is 0 Å². The van der Waals surface area contributed by atoms with Gasteiger partial charge in [0.1, 0.15) is 0 Å². The first-order valence-corrected chi connectivity index (χ1v) is 12.4. The number of carbonyl (C=O) groups is 2. The first kappa shape index (κ1) is 26.8. The number of nitrogens with zero attached hydrogens (tertiary/aromatic N) is 1. The molecule has 3 aromatic rings. The number of benzene rings is 3. The van der Waals surface area contributed by atoms with Gasteiger partial charge >= 0.3 is 5.97 Å². The molecule has 36 heavy (non-hydrogen) atoms. The van der Waals surface area contributed by atoms with Crippen LogP contribution in [0.15, 0.2) is 77.7 Å². The van der Waals surface area contributed by atoms with Crippen molar-refractivity contribution in [2.45, 2.75) is 37.8 Å². The number of hydrogen-bond acceptors (Lipinski definition) is 5. The molecular formula is C26H26F2N2O5S. The predicted octanol–water partition coefficient (Wildman–Crippen LogP) is 4.75. The van der Waals surface area contributed by atoms with Gasteiger partial charge in [0.15, 0.2) is 18.2 Å². The Morgan fingerprint density at radius 1 is 0.917 bits per heavy atom. The molecule has 190 valence electrons. The number of sulfonamides is 1. The molecule has 1 N–H and O–H groups in total. The summed E-state index contributed by atoms with van der Waals surface area (Å²) in [6.45, 7) is 5.45. The van der Waals surface area contributed by atoms with Crippen LogP contribution in [0.5, 0.6) is 0 Å². The Bertz CT molecular complexity index is 1360. The highest BCUT2D eigenvalue weighted by Gasteiger charge is 2.27. The van der Waals surface area contributed by atoms with E-state index in [4.69, 9.17) is 4.74 Å². The molecule has 0 aliphatic carbocycles. The number of ether oxygens (including phenoxy) is 1. The SMILES string of the molecule is CC(C)(C)N(Cc1ccccc1)C(=O)COC(=O)c1cccc(NS(=O)(=O)c2ccc(F)c(F)c2)c1. The largest absolute Gasteiger partial charge is 0.452 e. The first-order chi connectivity index (χ1) is 16.9. The Morgan fingerprint density at radius 2 is 1.61 bits per heavy atom. The Morgan fingerprint density at radius 3 is 2.25 bits per heavy atom. The summed E-state index contributed by atoms with van der Waals surface area (Å²) in [5, 5.41) is 0. The highest BCUT2D eigenvalue weighted by atomic mass is 32.2. The molecule has 0 heterocycles. The van der Waals surface area contributed by atoms with Crippen LogP contribution in [0.4, 0.5) is 14.5 Å². The van der Waals surface area contributed by atoms with Crippen molar-refractivity contribution in [1.82, 2.24) is 4.90 Å². The van der Waals surface area contributed by atoms with Gasteiger partial charge in [-0.15, -0.1) is 0 Å². The van der Waals surface area contributed by atoms with Gasteiger partial charge in [-0.3, -0.25) is 9.52 Å². The molecule has 0 saturated carbocycles. The van der Waals surface area contributed by atoms with E-state index in [0.29, 0.717) is 18.7 Å². The highest BCUT2D eigenvalue weighted by Crippen LogP contribution is 2.21. The Kier molecular flexibility index (Phi) is 8.09. The van der Waals surface area contributed by atoms with Crippen LogP contribution in [0.25, 0.3) is 0 Å². The van der Waals surface area contributed by atoms with Crippen LogP contribution in [-0.2, 0) is 26.1 Å². The fraction of sp³-hybridized carbons (Fsp3) is 0.231. The first-order valence-electron chi connectivity index (χ1n) is 11.0. The lowest BCUT2D eigenvalue weighted by Gasteiger charge is -2.35. The molecule has 0 bridgehead atoms. The average molecular weight is 517 g/mol. The third kappa shape index (κ3) is 6.88. The van der Waals surface area contributed by atoms with E-state index < -0.39 is 50.6 Å². The van der Waals surface area contributed by atoms with E-state index in [2.05, 4.69) is 4.72 Å².